The lowest BCUT2D eigenvalue weighted by Gasteiger charge is -2.18. The Morgan fingerprint density at radius 2 is 0.476 bits per heavy atom. The van der Waals surface area contributed by atoms with Crippen LogP contribution in [-0.2, 0) is 28.6 Å². The Hall–Kier alpha value is -3.41. The lowest BCUT2D eigenvalue weighted by molar-refractivity contribution is -0.167. The van der Waals surface area contributed by atoms with E-state index in [4.69, 9.17) is 14.2 Å². The third-order valence-electron chi connectivity index (χ3n) is 15.6. The van der Waals surface area contributed by atoms with Crippen LogP contribution < -0.4 is 0 Å². The standard InChI is InChI=1S/C76H134O6/c1-4-7-10-13-16-19-22-25-28-31-34-36-37-38-39-40-43-45-48-51-54-57-60-63-66-69-75(78)81-72-73(71-80-74(77)68-65-62-59-56-53-50-47-44-41-33-30-27-24-21-18-15-12-9-6-3)82-76(79)70-67-64-61-58-55-52-49-46-42-35-32-29-26-23-20-17-14-11-8-5-2/h7,10,16,19,25,27-28,30,34,36,38-39,43,45,73H,4-6,8-9,11-15,17-18,20-24,26,29,31-33,35,37,40-42,44,46-72H2,1-3H3/b10-7-,19-16-,28-25-,30-27-,36-34-,39-38-,45-43-. The normalized spacial score (nSPS) is 12.6. The number of hydrogen-bond donors (Lipinski definition) is 0. The fraction of sp³-hybridized carbons (Fsp3) is 0.776. The van der Waals surface area contributed by atoms with Crippen LogP contribution in [0.3, 0.4) is 0 Å². The summed E-state index contributed by atoms with van der Waals surface area (Å²) in [5, 5.41) is 0. The average Bonchev–Trinajstić information content (AvgIpc) is 3.47. The fourth-order valence-corrected chi connectivity index (χ4v) is 10.3. The van der Waals surface area contributed by atoms with Gasteiger partial charge in [0.25, 0.3) is 0 Å². The first-order valence-corrected chi connectivity index (χ1v) is 35.6. The highest BCUT2D eigenvalue weighted by Crippen LogP contribution is 2.18. The molecule has 0 saturated carbocycles. The lowest BCUT2D eigenvalue weighted by atomic mass is 10.0. The summed E-state index contributed by atoms with van der Waals surface area (Å²) < 4.78 is 17.0. The minimum Gasteiger partial charge on any atom is -0.462 e. The Bertz CT molecular complexity index is 1550. The molecule has 6 heteroatoms. The first-order chi connectivity index (χ1) is 40.5. The molecule has 0 aromatic heterocycles. The second-order valence-corrected chi connectivity index (χ2v) is 23.8. The lowest BCUT2D eigenvalue weighted by Crippen LogP contribution is -2.30. The van der Waals surface area contributed by atoms with Gasteiger partial charge in [-0.15, -0.1) is 0 Å². The molecule has 0 rings (SSSR count). The van der Waals surface area contributed by atoms with E-state index < -0.39 is 6.10 Å². The maximum atomic E-state index is 13.0. The summed E-state index contributed by atoms with van der Waals surface area (Å²) in [6.07, 6.45) is 93.1. The van der Waals surface area contributed by atoms with Gasteiger partial charge in [-0.05, 0) is 96.3 Å². The summed E-state index contributed by atoms with van der Waals surface area (Å²) in [6.45, 7) is 6.57. The SMILES string of the molecule is CC/C=C\C/C=C\C/C=C\C/C=C\C/C=C\C/C=C\CCCCCCCCC(=O)OCC(COC(=O)CCCCCCCCCCC/C=C\CCCCCCCC)OC(=O)CCCCCCCCCCCCCCCCCCCCCC. The van der Waals surface area contributed by atoms with Crippen LogP contribution in [0.1, 0.15) is 361 Å². The first kappa shape index (κ1) is 78.6. The summed E-state index contributed by atoms with van der Waals surface area (Å²) in [4.78, 5) is 38.5. The van der Waals surface area contributed by atoms with Crippen LogP contribution >= 0.6 is 0 Å². The largest absolute Gasteiger partial charge is 0.462 e. The number of hydrogen-bond acceptors (Lipinski definition) is 6. The number of rotatable bonds is 65. The van der Waals surface area contributed by atoms with Gasteiger partial charge < -0.3 is 14.2 Å². The van der Waals surface area contributed by atoms with Gasteiger partial charge in [0.2, 0.25) is 0 Å². The Morgan fingerprint density at radius 1 is 0.256 bits per heavy atom. The molecule has 0 spiro atoms. The van der Waals surface area contributed by atoms with Crippen molar-refractivity contribution in [1.82, 2.24) is 0 Å². The third-order valence-corrected chi connectivity index (χ3v) is 15.6. The van der Waals surface area contributed by atoms with Gasteiger partial charge in [-0.2, -0.15) is 0 Å². The van der Waals surface area contributed by atoms with E-state index >= 15 is 0 Å². The van der Waals surface area contributed by atoms with Crippen LogP contribution in [0.5, 0.6) is 0 Å². The zero-order chi connectivity index (χ0) is 59.2. The number of carbonyl (C=O) groups excluding carboxylic acids is 3. The van der Waals surface area contributed by atoms with Crippen LogP contribution in [0, 0.1) is 0 Å². The van der Waals surface area contributed by atoms with E-state index in [-0.39, 0.29) is 31.1 Å². The van der Waals surface area contributed by atoms with Crippen molar-refractivity contribution in [3.05, 3.63) is 85.1 Å². The first-order valence-electron chi connectivity index (χ1n) is 35.6. The molecule has 0 fully saturated rings. The molecule has 0 bridgehead atoms. The number of ether oxygens (including phenoxy) is 3. The molecule has 0 saturated heterocycles. The van der Waals surface area contributed by atoms with Crippen molar-refractivity contribution in [2.45, 2.75) is 367 Å². The van der Waals surface area contributed by atoms with Crippen molar-refractivity contribution < 1.29 is 28.6 Å². The Morgan fingerprint density at radius 3 is 0.756 bits per heavy atom. The summed E-state index contributed by atoms with van der Waals surface area (Å²) >= 11 is 0. The van der Waals surface area contributed by atoms with Crippen LogP contribution in [0.15, 0.2) is 85.1 Å². The third kappa shape index (κ3) is 67.4. The second kappa shape index (κ2) is 70.1. The van der Waals surface area contributed by atoms with Gasteiger partial charge in [-0.3, -0.25) is 14.4 Å². The molecular formula is C76H134O6. The molecule has 1 unspecified atom stereocenters. The fourth-order valence-electron chi connectivity index (χ4n) is 10.3. The second-order valence-electron chi connectivity index (χ2n) is 23.8. The van der Waals surface area contributed by atoms with Gasteiger partial charge >= 0.3 is 17.9 Å². The molecule has 0 aliphatic heterocycles. The van der Waals surface area contributed by atoms with Gasteiger partial charge in [0, 0.05) is 19.3 Å². The smallest absolute Gasteiger partial charge is 0.306 e. The van der Waals surface area contributed by atoms with Crippen molar-refractivity contribution in [3.63, 3.8) is 0 Å². The predicted octanol–water partition coefficient (Wildman–Crippen LogP) is 24.6. The van der Waals surface area contributed by atoms with E-state index in [1.807, 2.05) is 0 Å². The highest BCUT2D eigenvalue weighted by molar-refractivity contribution is 5.71. The summed E-state index contributed by atoms with van der Waals surface area (Å²) in [6, 6.07) is 0. The minimum atomic E-state index is -0.784. The summed E-state index contributed by atoms with van der Waals surface area (Å²) in [5.74, 6) is -0.874. The van der Waals surface area contributed by atoms with E-state index in [1.165, 1.54) is 218 Å². The topological polar surface area (TPSA) is 78.9 Å². The highest BCUT2D eigenvalue weighted by Gasteiger charge is 2.19. The van der Waals surface area contributed by atoms with Gasteiger partial charge in [-0.1, -0.05) is 331 Å². The number of esters is 3. The van der Waals surface area contributed by atoms with E-state index in [0.29, 0.717) is 19.3 Å². The van der Waals surface area contributed by atoms with Crippen molar-refractivity contribution in [1.29, 1.82) is 0 Å². The zero-order valence-corrected chi connectivity index (χ0v) is 54.5. The average molecular weight is 1140 g/mol. The molecule has 0 radical (unpaired) electrons. The molecule has 0 heterocycles. The molecule has 0 aliphatic rings. The molecule has 0 aliphatic carbocycles. The predicted molar refractivity (Wildman–Crippen MR) is 358 cm³/mol. The van der Waals surface area contributed by atoms with Crippen molar-refractivity contribution in [2.75, 3.05) is 13.2 Å². The van der Waals surface area contributed by atoms with Crippen molar-refractivity contribution in [3.8, 4) is 0 Å². The van der Waals surface area contributed by atoms with Gasteiger partial charge in [0.1, 0.15) is 13.2 Å². The molecule has 0 amide bonds. The Kier molecular flexibility index (Phi) is 67.2. The van der Waals surface area contributed by atoms with E-state index in [2.05, 4.69) is 106 Å². The van der Waals surface area contributed by atoms with E-state index in [9.17, 15) is 14.4 Å². The molecule has 82 heavy (non-hydrogen) atoms. The van der Waals surface area contributed by atoms with Crippen molar-refractivity contribution in [2.24, 2.45) is 0 Å². The maximum absolute atomic E-state index is 13.0. The minimum absolute atomic E-state index is 0.0788. The van der Waals surface area contributed by atoms with E-state index in [0.717, 1.165) is 103 Å². The Balaban J connectivity index is 4.38. The van der Waals surface area contributed by atoms with Crippen LogP contribution in [-0.4, -0.2) is 37.2 Å². The molecule has 0 N–H and O–H groups in total. The van der Waals surface area contributed by atoms with Gasteiger partial charge in [0.15, 0.2) is 6.10 Å². The molecular weight excluding hydrogens is 1010 g/mol. The van der Waals surface area contributed by atoms with Crippen molar-refractivity contribution >= 4 is 17.9 Å². The zero-order valence-electron chi connectivity index (χ0n) is 54.5. The number of unbranched alkanes of at least 4 members (excludes halogenated alkanes) is 40. The summed E-state index contributed by atoms with van der Waals surface area (Å²) in [5.41, 5.74) is 0. The monoisotopic (exact) mass is 1140 g/mol. The molecule has 1 atom stereocenters. The van der Waals surface area contributed by atoms with Gasteiger partial charge in [-0.25, -0.2) is 0 Å². The molecule has 0 aromatic carbocycles. The van der Waals surface area contributed by atoms with Crippen LogP contribution in [0.25, 0.3) is 0 Å². The molecule has 474 valence electrons. The quantitative estimate of drug-likeness (QED) is 0.0261. The molecule has 6 nitrogen and oxygen atoms in total. The highest BCUT2D eigenvalue weighted by atomic mass is 16.6. The Labute approximate surface area is 509 Å². The van der Waals surface area contributed by atoms with Crippen LogP contribution in [0.2, 0.25) is 0 Å². The molecule has 0 aromatic rings. The number of allylic oxidation sites excluding steroid dienone is 14. The maximum Gasteiger partial charge on any atom is 0.306 e. The van der Waals surface area contributed by atoms with Gasteiger partial charge in [0.05, 0.1) is 0 Å². The van der Waals surface area contributed by atoms with E-state index in [1.54, 1.807) is 0 Å². The summed E-state index contributed by atoms with van der Waals surface area (Å²) in [7, 11) is 0. The van der Waals surface area contributed by atoms with Crippen LogP contribution in [0.4, 0.5) is 0 Å². The number of carbonyl (C=O) groups is 3.